The molecule has 0 heterocycles. The lowest BCUT2D eigenvalue weighted by molar-refractivity contribution is 0.0181. The van der Waals surface area contributed by atoms with Crippen LogP contribution in [0.15, 0.2) is 18.2 Å². The standard InChI is InChI=1S/C17H24Cl2O/c1-16(2,3)12-6-5-10-17(20,11-9-12)13-7-4-8-14(18)15(13)19/h4,7-8,12,20H,5-6,9-11H2,1-3H3. The van der Waals surface area contributed by atoms with E-state index < -0.39 is 5.60 Å². The Morgan fingerprint density at radius 3 is 2.50 bits per heavy atom. The molecule has 0 amide bonds. The van der Waals surface area contributed by atoms with Crippen molar-refractivity contribution in [2.75, 3.05) is 0 Å². The van der Waals surface area contributed by atoms with Gasteiger partial charge in [0.2, 0.25) is 0 Å². The molecule has 3 heteroatoms. The molecule has 1 aromatic carbocycles. The highest BCUT2D eigenvalue weighted by atomic mass is 35.5. The van der Waals surface area contributed by atoms with Crippen molar-refractivity contribution in [3.63, 3.8) is 0 Å². The summed E-state index contributed by atoms with van der Waals surface area (Å²) in [5.41, 5.74) is 0.256. The zero-order valence-corrected chi connectivity index (χ0v) is 14.1. The minimum atomic E-state index is -0.831. The van der Waals surface area contributed by atoms with E-state index >= 15 is 0 Å². The quantitative estimate of drug-likeness (QED) is 0.649. The van der Waals surface area contributed by atoms with Gasteiger partial charge in [-0.2, -0.15) is 0 Å². The van der Waals surface area contributed by atoms with Gasteiger partial charge in [-0.3, -0.25) is 0 Å². The molecule has 2 rings (SSSR count). The number of benzene rings is 1. The maximum atomic E-state index is 11.1. The monoisotopic (exact) mass is 314 g/mol. The van der Waals surface area contributed by atoms with Crippen LogP contribution in [0.5, 0.6) is 0 Å². The Labute approximate surface area is 132 Å². The maximum Gasteiger partial charge on any atom is 0.0911 e. The molecule has 1 aliphatic carbocycles. The Kier molecular flexibility index (Phi) is 4.73. The van der Waals surface area contributed by atoms with Crippen LogP contribution in [-0.2, 0) is 5.60 Å². The fourth-order valence-corrected chi connectivity index (χ4v) is 3.80. The summed E-state index contributed by atoms with van der Waals surface area (Å²) in [5.74, 6) is 0.648. The summed E-state index contributed by atoms with van der Waals surface area (Å²) >= 11 is 12.4. The van der Waals surface area contributed by atoms with Gasteiger partial charge in [0.15, 0.2) is 0 Å². The molecule has 0 saturated heterocycles. The number of hydrogen-bond acceptors (Lipinski definition) is 1. The van der Waals surface area contributed by atoms with E-state index in [9.17, 15) is 5.11 Å². The van der Waals surface area contributed by atoms with Gasteiger partial charge in [0.25, 0.3) is 0 Å². The van der Waals surface area contributed by atoms with Crippen LogP contribution in [0.3, 0.4) is 0 Å². The largest absolute Gasteiger partial charge is 0.385 e. The van der Waals surface area contributed by atoms with Gasteiger partial charge in [0.05, 0.1) is 15.6 Å². The first kappa shape index (κ1) is 16.1. The SMILES string of the molecule is CC(C)(C)C1CCCC(O)(c2cccc(Cl)c2Cl)CC1. The van der Waals surface area contributed by atoms with Gasteiger partial charge in [-0.25, -0.2) is 0 Å². The molecule has 0 aromatic heterocycles. The van der Waals surface area contributed by atoms with Crippen LogP contribution >= 0.6 is 23.2 Å². The van der Waals surface area contributed by atoms with Crippen molar-refractivity contribution in [1.82, 2.24) is 0 Å². The van der Waals surface area contributed by atoms with Gasteiger partial charge >= 0.3 is 0 Å². The Morgan fingerprint density at radius 2 is 1.85 bits per heavy atom. The Morgan fingerprint density at radius 1 is 1.15 bits per heavy atom. The highest BCUT2D eigenvalue weighted by Crippen LogP contribution is 2.45. The second-order valence-corrected chi connectivity index (χ2v) is 7.91. The zero-order valence-electron chi connectivity index (χ0n) is 12.5. The summed E-state index contributed by atoms with van der Waals surface area (Å²) < 4.78 is 0. The van der Waals surface area contributed by atoms with E-state index in [0.717, 1.165) is 31.2 Å². The molecule has 2 atom stereocenters. The van der Waals surface area contributed by atoms with Crippen LogP contribution in [0, 0.1) is 11.3 Å². The Balaban J connectivity index is 2.26. The second kappa shape index (κ2) is 5.87. The van der Waals surface area contributed by atoms with Crippen molar-refractivity contribution >= 4 is 23.2 Å². The lowest BCUT2D eigenvalue weighted by atomic mass is 9.76. The van der Waals surface area contributed by atoms with E-state index in [0.29, 0.717) is 21.4 Å². The number of rotatable bonds is 1. The minimum Gasteiger partial charge on any atom is -0.385 e. The van der Waals surface area contributed by atoms with Crippen molar-refractivity contribution in [3.8, 4) is 0 Å². The van der Waals surface area contributed by atoms with Crippen LogP contribution in [0.2, 0.25) is 10.0 Å². The molecule has 1 fully saturated rings. The van der Waals surface area contributed by atoms with E-state index in [2.05, 4.69) is 20.8 Å². The third kappa shape index (κ3) is 3.32. The van der Waals surface area contributed by atoms with Crippen LogP contribution in [0.4, 0.5) is 0 Å². The van der Waals surface area contributed by atoms with Gasteiger partial charge in [0.1, 0.15) is 0 Å². The van der Waals surface area contributed by atoms with Crippen LogP contribution in [0.25, 0.3) is 0 Å². The molecule has 0 spiro atoms. The topological polar surface area (TPSA) is 20.2 Å². The average molecular weight is 315 g/mol. The number of aliphatic hydroxyl groups is 1. The van der Waals surface area contributed by atoms with Crippen molar-refractivity contribution in [1.29, 1.82) is 0 Å². The summed E-state index contributed by atoms with van der Waals surface area (Å²) in [7, 11) is 0. The molecule has 112 valence electrons. The second-order valence-electron chi connectivity index (χ2n) is 7.13. The molecule has 1 N–H and O–H groups in total. The molecule has 20 heavy (non-hydrogen) atoms. The van der Waals surface area contributed by atoms with Crippen molar-refractivity contribution < 1.29 is 5.11 Å². The Hall–Kier alpha value is -0.240. The molecule has 1 nitrogen and oxygen atoms in total. The van der Waals surface area contributed by atoms with E-state index in [1.807, 2.05) is 12.1 Å². The zero-order chi connectivity index (χ0) is 15.0. The third-order valence-corrected chi connectivity index (χ3v) is 5.55. The van der Waals surface area contributed by atoms with Gasteiger partial charge in [-0.1, -0.05) is 56.1 Å². The smallest absolute Gasteiger partial charge is 0.0911 e. The summed E-state index contributed by atoms with van der Waals surface area (Å²) in [5, 5.41) is 12.1. The van der Waals surface area contributed by atoms with E-state index in [4.69, 9.17) is 23.2 Å². The van der Waals surface area contributed by atoms with E-state index in [-0.39, 0.29) is 0 Å². The van der Waals surface area contributed by atoms with Crippen molar-refractivity contribution in [2.24, 2.45) is 11.3 Å². The molecule has 1 aliphatic rings. The first-order chi connectivity index (χ1) is 9.24. The molecule has 0 aliphatic heterocycles. The van der Waals surface area contributed by atoms with Gasteiger partial charge in [-0.05, 0) is 49.5 Å². The van der Waals surface area contributed by atoms with Gasteiger partial charge < -0.3 is 5.11 Å². The lowest BCUT2D eigenvalue weighted by Gasteiger charge is -2.31. The van der Waals surface area contributed by atoms with Gasteiger partial charge in [0, 0.05) is 5.56 Å². The predicted molar refractivity (Wildman–Crippen MR) is 86.4 cm³/mol. The predicted octanol–water partition coefficient (Wildman–Crippen LogP) is 5.81. The highest BCUT2D eigenvalue weighted by Gasteiger charge is 2.37. The van der Waals surface area contributed by atoms with Crippen molar-refractivity contribution in [2.45, 2.75) is 58.5 Å². The molecular formula is C17H24Cl2O. The summed E-state index contributed by atoms with van der Waals surface area (Å²) in [4.78, 5) is 0. The van der Waals surface area contributed by atoms with Gasteiger partial charge in [-0.15, -0.1) is 0 Å². The molecule has 2 unspecified atom stereocenters. The maximum absolute atomic E-state index is 11.1. The van der Waals surface area contributed by atoms with Crippen LogP contribution < -0.4 is 0 Å². The Bertz CT molecular complexity index is 478. The summed E-state index contributed by atoms with van der Waals surface area (Å²) in [6.07, 6.45) is 4.75. The first-order valence-corrected chi connectivity index (χ1v) is 8.16. The molecule has 0 bridgehead atoms. The molecule has 1 saturated carbocycles. The summed E-state index contributed by atoms with van der Waals surface area (Å²) in [6.45, 7) is 6.86. The molecule has 0 radical (unpaired) electrons. The van der Waals surface area contributed by atoms with E-state index in [1.54, 1.807) is 6.07 Å². The number of hydrogen-bond donors (Lipinski definition) is 1. The van der Waals surface area contributed by atoms with E-state index in [1.165, 1.54) is 6.42 Å². The molecule has 1 aromatic rings. The third-order valence-electron chi connectivity index (χ3n) is 4.73. The van der Waals surface area contributed by atoms with Crippen LogP contribution in [-0.4, -0.2) is 5.11 Å². The fraction of sp³-hybridized carbons (Fsp3) is 0.647. The lowest BCUT2D eigenvalue weighted by Crippen LogP contribution is -2.26. The minimum absolute atomic E-state index is 0.295. The van der Waals surface area contributed by atoms with Crippen LogP contribution in [0.1, 0.15) is 58.4 Å². The first-order valence-electron chi connectivity index (χ1n) is 7.41. The average Bonchev–Trinajstić information content (AvgIpc) is 2.55. The normalized spacial score (nSPS) is 28.2. The summed E-state index contributed by atoms with van der Waals surface area (Å²) in [6, 6.07) is 5.55. The highest BCUT2D eigenvalue weighted by molar-refractivity contribution is 6.42. The number of halogens is 2. The molecular weight excluding hydrogens is 291 g/mol. The fourth-order valence-electron chi connectivity index (χ4n) is 3.32. The van der Waals surface area contributed by atoms with Crippen molar-refractivity contribution in [3.05, 3.63) is 33.8 Å².